The molecule has 3 aromatic heterocycles. The van der Waals surface area contributed by atoms with Crippen LogP contribution in [0.25, 0.3) is 22.2 Å². The van der Waals surface area contributed by atoms with Crippen molar-refractivity contribution < 1.29 is 18.8 Å². The van der Waals surface area contributed by atoms with Gasteiger partial charge in [0.1, 0.15) is 28.4 Å². The molecule has 8 nitrogen and oxygen atoms in total. The van der Waals surface area contributed by atoms with E-state index >= 15 is 0 Å². The molecule has 0 spiro atoms. The van der Waals surface area contributed by atoms with Gasteiger partial charge in [0.15, 0.2) is 0 Å². The fraction of sp³-hybridized carbons (Fsp3) is 0.346. The molecule has 1 saturated carbocycles. The number of hydrogen-bond donors (Lipinski definition) is 0. The monoisotopic (exact) mass is 458 g/mol. The maximum absolute atomic E-state index is 13.6. The topological polar surface area (TPSA) is 100 Å². The Morgan fingerprint density at radius 3 is 2.50 bits per heavy atom. The quantitative estimate of drug-likeness (QED) is 0.367. The number of benzene rings is 1. The van der Waals surface area contributed by atoms with Crippen molar-refractivity contribution in [3.8, 4) is 11.1 Å². The molecule has 4 aromatic rings. The van der Waals surface area contributed by atoms with Crippen LogP contribution in [-0.2, 0) is 4.74 Å². The van der Waals surface area contributed by atoms with Crippen molar-refractivity contribution in [3.05, 3.63) is 65.1 Å². The zero-order chi connectivity index (χ0) is 24.2. The average molecular weight is 459 g/mol. The average Bonchev–Trinajstić information content (AvgIpc) is 3.48. The molecule has 0 aliphatic heterocycles. The summed E-state index contributed by atoms with van der Waals surface area (Å²) in [5, 5.41) is 4.07. The van der Waals surface area contributed by atoms with Crippen molar-refractivity contribution in [1.82, 2.24) is 19.7 Å². The summed E-state index contributed by atoms with van der Waals surface area (Å²) in [4.78, 5) is 36.0. The molecule has 0 saturated heterocycles. The molecule has 5 rings (SSSR count). The second-order valence-electron chi connectivity index (χ2n) is 9.69. The van der Waals surface area contributed by atoms with E-state index in [0.717, 1.165) is 24.0 Å². The van der Waals surface area contributed by atoms with E-state index < -0.39 is 11.7 Å². The molecule has 0 N–H and O–H groups in total. The summed E-state index contributed by atoms with van der Waals surface area (Å²) in [6.07, 6.45) is 2.94. The first-order valence-electron chi connectivity index (χ1n) is 11.3. The van der Waals surface area contributed by atoms with Crippen molar-refractivity contribution in [1.29, 1.82) is 0 Å². The van der Waals surface area contributed by atoms with Crippen LogP contribution in [-0.4, -0.2) is 37.2 Å². The van der Waals surface area contributed by atoms with E-state index in [2.05, 4.69) is 10.1 Å². The lowest BCUT2D eigenvalue weighted by Gasteiger charge is -2.20. The summed E-state index contributed by atoms with van der Waals surface area (Å²) in [7, 11) is 0. The Bertz CT molecular complexity index is 1400. The van der Waals surface area contributed by atoms with Crippen molar-refractivity contribution in [2.45, 2.75) is 59.0 Å². The number of carbonyl (C=O) groups is 2. The van der Waals surface area contributed by atoms with Crippen molar-refractivity contribution >= 4 is 22.9 Å². The molecule has 34 heavy (non-hydrogen) atoms. The van der Waals surface area contributed by atoms with E-state index in [9.17, 15) is 9.59 Å². The third kappa shape index (κ3) is 3.89. The fourth-order valence-electron chi connectivity index (χ4n) is 4.16. The lowest BCUT2D eigenvalue weighted by atomic mass is 9.97. The molecule has 0 radical (unpaired) electrons. The van der Waals surface area contributed by atoms with Gasteiger partial charge in [0, 0.05) is 17.7 Å². The van der Waals surface area contributed by atoms with Crippen LogP contribution in [0.5, 0.6) is 0 Å². The van der Waals surface area contributed by atoms with Crippen LogP contribution in [0.3, 0.4) is 0 Å². The lowest BCUT2D eigenvalue weighted by Crippen LogP contribution is -2.28. The van der Waals surface area contributed by atoms with Crippen molar-refractivity contribution in [2.24, 2.45) is 0 Å². The zero-order valence-corrected chi connectivity index (χ0v) is 19.9. The summed E-state index contributed by atoms with van der Waals surface area (Å²) in [5.74, 6) is 1.13. The Kier molecular flexibility index (Phi) is 5.11. The van der Waals surface area contributed by atoms with Gasteiger partial charge in [0.05, 0.1) is 16.8 Å². The highest BCUT2D eigenvalue weighted by Crippen LogP contribution is 2.42. The number of ether oxygens (including phenoxy) is 1. The van der Waals surface area contributed by atoms with Crippen LogP contribution >= 0.6 is 0 Å². The Balaban J connectivity index is 1.81. The van der Waals surface area contributed by atoms with Gasteiger partial charge in [-0.15, -0.1) is 0 Å². The van der Waals surface area contributed by atoms with Gasteiger partial charge in [-0.1, -0.05) is 11.2 Å². The summed E-state index contributed by atoms with van der Waals surface area (Å²) < 4.78 is 12.6. The normalized spacial score (nSPS) is 13.9. The first-order valence-corrected chi connectivity index (χ1v) is 11.3. The summed E-state index contributed by atoms with van der Waals surface area (Å²) in [6.45, 7) is 9.14. The van der Waals surface area contributed by atoms with Gasteiger partial charge in [0.25, 0.3) is 0 Å². The Morgan fingerprint density at radius 1 is 1.15 bits per heavy atom. The van der Waals surface area contributed by atoms with Gasteiger partial charge in [-0.2, -0.15) is 0 Å². The van der Waals surface area contributed by atoms with Crippen molar-refractivity contribution in [2.75, 3.05) is 0 Å². The molecule has 1 fully saturated rings. The van der Waals surface area contributed by atoms with Crippen LogP contribution in [0, 0.1) is 13.8 Å². The number of fused-ring (bicyclic) bond motifs is 1. The van der Waals surface area contributed by atoms with E-state index in [-0.39, 0.29) is 11.7 Å². The number of nitrogens with zero attached hydrogens (tertiary/aromatic N) is 4. The highest BCUT2D eigenvalue weighted by Gasteiger charge is 2.35. The van der Waals surface area contributed by atoms with E-state index in [0.29, 0.717) is 39.6 Å². The highest BCUT2D eigenvalue weighted by atomic mass is 16.6. The Labute approximate surface area is 196 Å². The van der Waals surface area contributed by atoms with Crippen LogP contribution in [0.2, 0.25) is 0 Å². The largest absolute Gasteiger partial charge is 0.443 e. The van der Waals surface area contributed by atoms with E-state index in [1.165, 1.54) is 4.57 Å². The van der Waals surface area contributed by atoms with Gasteiger partial charge in [0.2, 0.25) is 5.78 Å². The number of hydrogen-bond acceptors (Lipinski definition) is 7. The van der Waals surface area contributed by atoms with Gasteiger partial charge in [-0.05, 0) is 77.3 Å². The molecule has 0 bridgehead atoms. The van der Waals surface area contributed by atoms with Crippen LogP contribution in [0.15, 0.2) is 41.1 Å². The van der Waals surface area contributed by atoms with Crippen molar-refractivity contribution in [3.63, 3.8) is 0 Å². The van der Waals surface area contributed by atoms with Crippen LogP contribution < -0.4 is 0 Å². The third-order valence-electron chi connectivity index (χ3n) is 5.77. The van der Waals surface area contributed by atoms with E-state index in [1.807, 2.05) is 40.7 Å². The molecular weight excluding hydrogens is 432 g/mol. The third-order valence-corrected chi connectivity index (χ3v) is 5.77. The number of carbonyl (C=O) groups excluding carboxylic acids is 2. The molecule has 3 heterocycles. The molecule has 1 aliphatic carbocycles. The predicted molar refractivity (Wildman–Crippen MR) is 126 cm³/mol. The molecule has 0 unspecified atom stereocenters. The second kappa shape index (κ2) is 7.90. The minimum Gasteiger partial charge on any atom is -0.443 e. The molecule has 1 aromatic carbocycles. The highest BCUT2D eigenvalue weighted by molar-refractivity contribution is 6.16. The number of ketones is 1. The second-order valence-corrected chi connectivity index (χ2v) is 9.69. The molecular formula is C26H26N4O4. The zero-order valence-electron chi connectivity index (χ0n) is 19.9. The molecule has 0 amide bonds. The first kappa shape index (κ1) is 22.0. The minimum absolute atomic E-state index is 0.153. The van der Waals surface area contributed by atoms with E-state index in [1.54, 1.807) is 30.5 Å². The predicted octanol–water partition coefficient (Wildman–Crippen LogP) is 5.59. The van der Waals surface area contributed by atoms with Crippen LogP contribution in [0.4, 0.5) is 4.79 Å². The molecule has 174 valence electrons. The van der Waals surface area contributed by atoms with Crippen LogP contribution in [0.1, 0.15) is 72.9 Å². The van der Waals surface area contributed by atoms with Gasteiger partial charge in [-0.25, -0.2) is 14.3 Å². The lowest BCUT2D eigenvalue weighted by molar-refractivity contribution is 0.0538. The fourth-order valence-corrected chi connectivity index (χ4v) is 4.16. The maximum atomic E-state index is 13.6. The molecule has 8 heteroatoms. The smallest absolute Gasteiger partial charge is 0.420 e. The number of aromatic nitrogens is 4. The van der Waals surface area contributed by atoms with Gasteiger partial charge >= 0.3 is 6.09 Å². The van der Waals surface area contributed by atoms with Gasteiger partial charge in [-0.3, -0.25) is 9.78 Å². The first-order chi connectivity index (χ1) is 16.1. The van der Waals surface area contributed by atoms with E-state index in [4.69, 9.17) is 14.2 Å². The molecule has 0 atom stereocenters. The summed E-state index contributed by atoms with van der Waals surface area (Å²) in [6, 6.07) is 8.85. The standard InChI is InChI=1S/C26H26N4O4/c1-14-21(15(2)34-29-14)17-12-18(23(31)19-8-6-7-11-27-19)22-20(13-17)30(24(28-22)16-9-10-16)25(32)33-26(3,4)5/h6-8,11-13,16H,9-10H2,1-5H3. The number of imidazole rings is 1. The summed E-state index contributed by atoms with van der Waals surface area (Å²) in [5.41, 5.74) is 3.16. The molecule has 1 aliphatic rings. The maximum Gasteiger partial charge on any atom is 0.420 e. The Hall–Kier alpha value is -3.81. The summed E-state index contributed by atoms with van der Waals surface area (Å²) >= 11 is 0. The minimum atomic E-state index is -0.680. The number of rotatable bonds is 4. The SMILES string of the molecule is Cc1noc(C)c1-c1cc(C(=O)c2ccccn2)c2nc(C3CC3)n(C(=O)OC(C)(C)C)c2c1. The van der Waals surface area contributed by atoms with Gasteiger partial charge < -0.3 is 9.26 Å². The number of aryl methyl sites for hydroxylation is 2. The number of pyridine rings is 1. The Morgan fingerprint density at radius 2 is 1.91 bits per heavy atom.